The molecule has 16 heavy (non-hydrogen) atoms. The van der Waals surface area contributed by atoms with Crippen LogP contribution in [0.5, 0.6) is 0 Å². The van der Waals surface area contributed by atoms with Crippen molar-refractivity contribution in [3.8, 4) is 0 Å². The summed E-state index contributed by atoms with van der Waals surface area (Å²) < 4.78 is 22.3. The van der Waals surface area contributed by atoms with Gasteiger partial charge >= 0.3 is 6.03 Å². The number of rotatable bonds is 4. The summed E-state index contributed by atoms with van der Waals surface area (Å²) in [5.41, 5.74) is 0. The third-order valence-corrected chi connectivity index (χ3v) is 4.39. The van der Waals surface area contributed by atoms with Gasteiger partial charge < -0.3 is 10.6 Å². The summed E-state index contributed by atoms with van der Waals surface area (Å²) in [4.78, 5) is 11.3. The van der Waals surface area contributed by atoms with E-state index in [1.165, 1.54) is 0 Å². The quantitative estimate of drug-likeness (QED) is 0.755. The average Bonchev–Trinajstić information content (AvgIpc) is 2.52. The van der Waals surface area contributed by atoms with E-state index >= 15 is 0 Å². The molecule has 0 aromatic heterocycles. The Kier molecular flexibility index (Phi) is 4.58. The summed E-state index contributed by atoms with van der Waals surface area (Å²) in [7, 11) is -2.84. The molecule has 2 amide bonds. The second-order valence-electron chi connectivity index (χ2n) is 4.75. The van der Waals surface area contributed by atoms with E-state index in [-0.39, 0.29) is 23.5 Å². The van der Waals surface area contributed by atoms with Crippen molar-refractivity contribution in [2.24, 2.45) is 11.8 Å². The van der Waals surface area contributed by atoms with Crippen molar-refractivity contribution in [2.75, 3.05) is 24.6 Å². The molecule has 0 spiro atoms. The Labute approximate surface area is 96.9 Å². The van der Waals surface area contributed by atoms with E-state index in [0.29, 0.717) is 25.4 Å². The van der Waals surface area contributed by atoms with Gasteiger partial charge in [0, 0.05) is 13.1 Å². The molecule has 1 saturated heterocycles. The molecular formula is C10H20N2O3S. The van der Waals surface area contributed by atoms with Crippen molar-refractivity contribution in [3.63, 3.8) is 0 Å². The van der Waals surface area contributed by atoms with Crippen LogP contribution in [0.2, 0.25) is 0 Å². The van der Waals surface area contributed by atoms with Crippen LogP contribution in [0, 0.1) is 11.8 Å². The first-order valence-electron chi connectivity index (χ1n) is 5.61. The SMILES string of the molecule is CC(C)CNC(=O)NCC1CCS(=O)(=O)C1. The third-order valence-electron chi connectivity index (χ3n) is 2.55. The van der Waals surface area contributed by atoms with Gasteiger partial charge in [0.1, 0.15) is 0 Å². The standard InChI is InChI=1S/C10H20N2O3S/c1-8(2)5-11-10(13)12-6-9-3-4-16(14,15)7-9/h8-9H,3-7H2,1-2H3,(H2,11,12,13). The van der Waals surface area contributed by atoms with Crippen LogP contribution in [0.4, 0.5) is 4.79 Å². The van der Waals surface area contributed by atoms with Crippen LogP contribution in [0.1, 0.15) is 20.3 Å². The summed E-state index contributed by atoms with van der Waals surface area (Å²) in [5, 5.41) is 5.43. The van der Waals surface area contributed by atoms with Gasteiger partial charge in [0.25, 0.3) is 0 Å². The third kappa shape index (κ3) is 4.83. The van der Waals surface area contributed by atoms with Gasteiger partial charge in [-0.05, 0) is 18.3 Å². The lowest BCUT2D eigenvalue weighted by atomic mass is 10.1. The first kappa shape index (κ1) is 13.3. The van der Waals surface area contributed by atoms with Crippen LogP contribution in [-0.2, 0) is 9.84 Å². The highest BCUT2D eigenvalue weighted by Gasteiger charge is 2.27. The predicted molar refractivity (Wildman–Crippen MR) is 63.0 cm³/mol. The Morgan fingerprint density at radius 1 is 1.38 bits per heavy atom. The van der Waals surface area contributed by atoms with E-state index in [2.05, 4.69) is 10.6 Å². The Morgan fingerprint density at radius 3 is 2.56 bits per heavy atom. The van der Waals surface area contributed by atoms with Gasteiger partial charge in [-0.3, -0.25) is 0 Å². The lowest BCUT2D eigenvalue weighted by Crippen LogP contribution is -2.39. The number of urea groups is 1. The average molecular weight is 248 g/mol. The molecule has 0 radical (unpaired) electrons. The van der Waals surface area contributed by atoms with Crippen molar-refractivity contribution in [2.45, 2.75) is 20.3 Å². The predicted octanol–water partition coefficient (Wildman–Crippen LogP) is 0.376. The molecule has 94 valence electrons. The number of amides is 2. The van der Waals surface area contributed by atoms with Gasteiger partial charge in [-0.2, -0.15) is 0 Å². The number of carbonyl (C=O) groups excluding carboxylic acids is 1. The first-order valence-corrected chi connectivity index (χ1v) is 7.43. The second kappa shape index (κ2) is 5.52. The Morgan fingerprint density at radius 2 is 2.06 bits per heavy atom. The van der Waals surface area contributed by atoms with Crippen molar-refractivity contribution in [1.82, 2.24) is 10.6 Å². The highest BCUT2D eigenvalue weighted by atomic mass is 32.2. The number of hydrogen-bond acceptors (Lipinski definition) is 3. The summed E-state index contributed by atoms with van der Waals surface area (Å²) in [6.07, 6.45) is 0.660. The molecule has 0 aromatic carbocycles. The fourth-order valence-electron chi connectivity index (χ4n) is 1.63. The molecule has 1 aliphatic heterocycles. The summed E-state index contributed by atoms with van der Waals surface area (Å²) >= 11 is 0. The van der Waals surface area contributed by atoms with E-state index in [0.717, 1.165) is 0 Å². The molecular weight excluding hydrogens is 228 g/mol. The summed E-state index contributed by atoms with van der Waals surface area (Å²) in [5.74, 6) is 0.956. The molecule has 1 heterocycles. The molecule has 0 aliphatic carbocycles. The van der Waals surface area contributed by atoms with Crippen molar-refractivity contribution < 1.29 is 13.2 Å². The number of hydrogen-bond donors (Lipinski definition) is 2. The summed E-state index contributed by atoms with van der Waals surface area (Å²) in [6.45, 7) is 5.12. The van der Waals surface area contributed by atoms with E-state index < -0.39 is 9.84 Å². The Balaban J connectivity index is 2.18. The van der Waals surface area contributed by atoms with E-state index in [1.54, 1.807) is 0 Å². The van der Waals surface area contributed by atoms with Crippen molar-refractivity contribution >= 4 is 15.9 Å². The maximum atomic E-state index is 11.3. The fourth-order valence-corrected chi connectivity index (χ4v) is 3.49. The zero-order chi connectivity index (χ0) is 12.2. The normalized spacial score (nSPS) is 23.3. The minimum Gasteiger partial charge on any atom is -0.338 e. The minimum absolute atomic E-state index is 0.0785. The van der Waals surface area contributed by atoms with Crippen LogP contribution in [0.3, 0.4) is 0 Å². The lowest BCUT2D eigenvalue weighted by Gasteiger charge is -2.11. The van der Waals surface area contributed by atoms with Crippen LogP contribution in [0.25, 0.3) is 0 Å². The molecule has 1 fully saturated rings. The smallest absolute Gasteiger partial charge is 0.314 e. The maximum absolute atomic E-state index is 11.3. The van der Waals surface area contributed by atoms with E-state index in [4.69, 9.17) is 0 Å². The van der Waals surface area contributed by atoms with E-state index in [9.17, 15) is 13.2 Å². The van der Waals surface area contributed by atoms with Gasteiger partial charge in [0.15, 0.2) is 9.84 Å². The lowest BCUT2D eigenvalue weighted by molar-refractivity contribution is 0.238. The highest BCUT2D eigenvalue weighted by Crippen LogP contribution is 2.17. The van der Waals surface area contributed by atoms with Gasteiger partial charge in [0.2, 0.25) is 0 Å². The molecule has 5 nitrogen and oxygen atoms in total. The minimum atomic E-state index is -2.84. The van der Waals surface area contributed by atoms with Crippen LogP contribution in [-0.4, -0.2) is 39.0 Å². The van der Waals surface area contributed by atoms with Crippen molar-refractivity contribution in [1.29, 1.82) is 0 Å². The zero-order valence-electron chi connectivity index (χ0n) is 9.82. The molecule has 0 aromatic rings. The molecule has 6 heteroatoms. The molecule has 1 rings (SSSR count). The molecule has 0 saturated carbocycles. The molecule has 2 N–H and O–H groups in total. The molecule has 1 aliphatic rings. The van der Waals surface area contributed by atoms with Gasteiger partial charge in [0.05, 0.1) is 11.5 Å². The topological polar surface area (TPSA) is 75.3 Å². The van der Waals surface area contributed by atoms with Gasteiger partial charge in [-0.1, -0.05) is 13.8 Å². The van der Waals surface area contributed by atoms with Crippen molar-refractivity contribution in [3.05, 3.63) is 0 Å². The molecule has 0 bridgehead atoms. The largest absolute Gasteiger partial charge is 0.338 e. The highest BCUT2D eigenvalue weighted by molar-refractivity contribution is 7.91. The maximum Gasteiger partial charge on any atom is 0.314 e. The van der Waals surface area contributed by atoms with E-state index in [1.807, 2.05) is 13.8 Å². The second-order valence-corrected chi connectivity index (χ2v) is 6.98. The van der Waals surface area contributed by atoms with Crippen LogP contribution < -0.4 is 10.6 Å². The van der Waals surface area contributed by atoms with Crippen LogP contribution in [0.15, 0.2) is 0 Å². The zero-order valence-corrected chi connectivity index (χ0v) is 10.6. The van der Waals surface area contributed by atoms with Crippen LogP contribution >= 0.6 is 0 Å². The first-order chi connectivity index (χ1) is 7.39. The van der Waals surface area contributed by atoms with Gasteiger partial charge in [-0.15, -0.1) is 0 Å². The molecule has 1 atom stereocenters. The fraction of sp³-hybridized carbons (Fsp3) is 0.900. The summed E-state index contributed by atoms with van der Waals surface area (Å²) in [6, 6.07) is -0.210. The molecule has 1 unspecified atom stereocenters. The Bertz CT molecular complexity index is 338. The number of carbonyl (C=O) groups is 1. The number of sulfone groups is 1. The number of nitrogens with one attached hydrogen (secondary N) is 2. The Hall–Kier alpha value is -0.780. The monoisotopic (exact) mass is 248 g/mol. The van der Waals surface area contributed by atoms with Gasteiger partial charge in [-0.25, -0.2) is 13.2 Å².